The molecule has 1 aliphatic heterocycles. The zero-order valence-corrected chi connectivity index (χ0v) is 7.16. The van der Waals surface area contributed by atoms with E-state index in [0.717, 1.165) is 0 Å². The van der Waals surface area contributed by atoms with Crippen molar-refractivity contribution in [1.29, 1.82) is 15.8 Å². The fourth-order valence-electron chi connectivity index (χ4n) is 0.930. The summed E-state index contributed by atoms with van der Waals surface area (Å²) < 4.78 is 4.62. The summed E-state index contributed by atoms with van der Waals surface area (Å²) >= 11 is 0. The highest BCUT2D eigenvalue weighted by Gasteiger charge is 2.29. The van der Waals surface area contributed by atoms with E-state index >= 15 is 0 Å². The Morgan fingerprint density at radius 3 is 2.29 bits per heavy atom. The van der Waals surface area contributed by atoms with Crippen molar-refractivity contribution in [3.05, 3.63) is 22.5 Å². The Morgan fingerprint density at radius 1 is 1.29 bits per heavy atom. The molecule has 0 aliphatic carbocycles. The predicted octanol–water partition coefficient (Wildman–Crippen LogP) is 0.685. The first-order valence-electron chi connectivity index (χ1n) is 3.53. The standard InChI is InChI=1S/C9H3N3O2/c1-5-7(4-12)8(14-9(5)13)6(2-10)3-11/h1H3. The Kier molecular flexibility index (Phi) is 2.33. The number of hydrogen-bond acceptors (Lipinski definition) is 5. The van der Waals surface area contributed by atoms with Gasteiger partial charge in [-0.3, -0.25) is 0 Å². The number of rotatable bonds is 0. The number of nitriles is 3. The number of nitrogens with zero attached hydrogens (tertiary/aromatic N) is 3. The third-order valence-corrected chi connectivity index (χ3v) is 1.67. The highest BCUT2D eigenvalue weighted by atomic mass is 16.5. The Hall–Kier alpha value is -2.58. The lowest BCUT2D eigenvalue weighted by molar-refractivity contribution is -0.133. The lowest BCUT2D eigenvalue weighted by atomic mass is 10.1. The van der Waals surface area contributed by atoms with Crippen LogP contribution in [0.1, 0.15) is 6.92 Å². The smallest absolute Gasteiger partial charge is 0.340 e. The van der Waals surface area contributed by atoms with E-state index in [0.29, 0.717) is 0 Å². The van der Waals surface area contributed by atoms with Crippen LogP contribution in [-0.4, -0.2) is 5.97 Å². The molecule has 0 bridgehead atoms. The van der Waals surface area contributed by atoms with Crippen LogP contribution >= 0.6 is 0 Å². The molecule has 0 amide bonds. The van der Waals surface area contributed by atoms with Crippen molar-refractivity contribution < 1.29 is 9.53 Å². The van der Waals surface area contributed by atoms with Crippen molar-refractivity contribution >= 4 is 5.97 Å². The van der Waals surface area contributed by atoms with Gasteiger partial charge in [0.25, 0.3) is 0 Å². The molecule has 0 saturated heterocycles. The normalized spacial score (nSPS) is 14.1. The fraction of sp³-hybridized carbons (Fsp3) is 0.111. The molecule has 0 saturated carbocycles. The van der Waals surface area contributed by atoms with Gasteiger partial charge >= 0.3 is 5.97 Å². The zero-order valence-electron chi connectivity index (χ0n) is 7.16. The van der Waals surface area contributed by atoms with Crippen molar-refractivity contribution in [2.45, 2.75) is 6.92 Å². The van der Waals surface area contributed by atoms with Crippen molar-refractivity contribution in [1.82, 2.24) is 0 Å². The van der Waals surface area contributed by atoms with Crippen LogP contribution in [0.3, 0.4) is 0 Å². The fourth-order valence-corrected chi connectivity index (χ4v) is 0.930. The molecule has 5 nitrogen and oxygen atoms in total. The van der Waals surface area contributed by atoms with Crippen LogP contribution in [0.4, 0.5) is 0 Å². The van der Waals surface area contributed by atoms with Gasteiger partial charge in [-0.2, -0.15) is 15.8 Å². The van der Waals surface area contributed by atoms with Gasteiger partial charge in [0.15, 0.2) is 11.3 Å². The van der Waals surface area contributed by atoms with Gasteiger partial charge in [-0.25, -0.2) is 4.79 Å². The number of hydrogen-bond donors (Lipinski definition) is 0. The van der Waals surface area contributed by atoms with Gasteiger partial charge in [0, 0.05) is 0 Å². The van der Waals surface area contributed by atoms with E-state index in [1.807, 2.05) is 0 Å². The monoisotopic (exact) mass is 185 g/mol. The molecular formula is C9H3N3O2. The van der Waals surface area contributed by atoms with Crippen LogP contribution in [0.25, 0.3) is 0 Å². The highest BCUT2D eigenvalue weighted by Crippen LogP contribution is 2.27. The molecule has 0 unspecified atom stereocenters. The van der Waals surface area contributed by atoms with Crippen LogP contribution < -0.4 is 0 Å². The summed E-state index contributed by atoms with van der Waals surface area (Å²) in [7, 11) is 0. The van der Waals surface area contributed by atoms with Crippen molar-refractivity contribution in [3.8, 4) is 18.2 Å². The summed E-state index contributed by atoms with van der Waals surface area (Å²) in [5.74, 6) is -0.931. The van der Waals surface area contributed by atoms with E-state index in [-0.39, 0.29) is 22.5 Å². The minimum atomic E-state index is -0.695. The first-order chi connectivity index (χ1) is 6.65. The highest BCUT2D eigenvalue weighted by molar-refractivity contribution is 5.95. The average molecular weight is 185 g/mol. The van der Waals surface area contributed by atoms with Crippen LogP contribution in [0, 0.1) is 34.0 Å². The van der Waals surface area contributed by atoms with Crippen LogP contribution in [0.15, 0.2) is 22.5 Å². The van der Waals surface area contributed by atoms with Crippen LogP contribution in [0.2, 0.25) is 0 Å². The average Bonchev–Trinajstić information content (AvgIpc) is 2.45. The van der Waals surface area contributed by atoms with Gasteiger partial charge in [0.1, 0.15) is 23.8 Å². The van der Waals surface area contributed by atoms with E-state index < -0.39 is 5.97 Å². The van der Waals surface area contributed by atoms with Crippen molar-refractivity contribution in [2.24, 2.45) is 0 Å². The summed E-state index contributed by atoms with van der Waals surface area (Å²) in [5.41, 5.74) is -0.301. The van der Waals surface area contributed by atoms with E-state index in [2.05, 4.69) is 4.74 Å². The molecule has 0 radical (unpaired) electrons. The molecule has 0 fully saturated rings. The van der Waals surface area contributed by atoms with E-state index in [4.69, 9.17) is 15.8 Å². The predicted molar refractivity (Wildman–Crippen MR) is 42.7 cm³/mol. The Labute approximate surface area is 79.7 Å². The van der Waals surface area contributed by atoms with Gasteiger partial charge in [0.2, 0.25) is 0 Å². The molecule has 66 valence electrons. The van der Waals surface area contributed by atoms with Crippen LogP contribution in [-0.2, 0) is 9.53 Å². The topological polar surface area (TPSA) is 97.7 Å². The molecule has 0 aromatic heterocycles. The zero-order chi connectivity index (χ0) is 10.7. The van der Waals surface area contributed by atoms with E-state index in [9.17, 15) is 4.79 Å². The Bertz CT molecular complexity index is 476. The minimum Gasteiger partial charge on any atom is -0.419 e. The number of ether oxygens (including phenoxy) is 1. The molecular weight excluding hydrogens is 182 g/mol. The van der Waals surface area contributed by atoms with E-state index in [1.54, 1.807) is 18.2 Å². The number of carbonyl (C=O) groups is 1. The molecule has 0 N–H and O–H groups in total. The maximum absolute atomic E-state index is 11.0. The van der Waals surface area contributed by atoms with Gasteiger partial charge in [-0.15, -0.1) is 0 Å². The first kappa shape index (κ1) is 9.51. The number of esters is 1. The lowest BCUT2D eigenvalue weighted by Gasteiger charge is -1.94. The quantitative estimate of drug-likeness (QED) is 0.408. The summed E-state index contributed by atoms with van der Waals surface area (Å²) in [4.78, 5) is 11.0. The second kappa shape index (κ2) is 3.43. The maximum Gasteiger partial charge on any atom is 0.340 e. The van der Waals surface area contributed by atoms with Gasteiger partial charge in [-0.05, 0) is 6.92 Å². The molecule has 0 spiro atoms. The van der Waals surface area contributed by atoms with Gasteiger partial charge in [-0.1, -0.05) is 0 Å². The minimum absolute atomic E-state index is 0.0481. The molecule has 0 atom stereocenters. The molecule has 14 heavy (non-hydrogen) atoms. The van der Waals surface area contributed by atoms with Crippen molar-refractivity contribution in [2.75, 3.05) is 0 Å². The first-order valence-corrected chi connectivity index (χ1v) is 3.53. The number of allylic oxidation sites excluding steroid dienone is 2. The van der Waals surface area contributed by atoms with E-state index in [1.165, 1.54) is 6.92 Å². The van der Waals surface area contributed by atoms with Gasteiger partial charge < -0.3 is 4.74 Å². The molecule has 0 aromatic carbocycles. The summed E-state index contributed by atoms with van der Waals surface area (Å²) in [6.07, 6.45) is 0. The number of cyclic esters (lactones) is 1. The molecule has 5 heteroatoms. The second-order valence-corrected chi connectivity index (χ2v) is 2.43. The number of carbonyl (C=O) groups excluding carboxylic acids is 1. The third kappa shape index (κ3) is 1.22. The SMILES string of the molecule is CC1=C(C#N)C(=C(C#N)C#N)OC1=O. The van der Waals surface area contributed by atoms with Gasteiger partial charge in [0.05, 0.1) is 5.57 Å². The summed E-state index contributed by atoms with van der Waals surface area (Å²) in [5, 5.41) is 25.7. The maximum atomic E-state index is 11.0. The molecule has 1 heterocycles. The largest absolute Gasteiger partial charge is 0.419 e. The summed E-state index contributed by atoms with van der Waals surface area (Å²) in [6.45, 7) is 1.40. The van der Waals surface area contributed by atoms with Crippen molar-refractivity contribution in [3.63, 3.8) is 0 Å². The molecule has 1 rings (SSSR count). The second-order valence-electron chi connectivity index (χ2n) is 2.43. The molecule has 0 aromatic rings. The Balaban J connectivity index is 3.44. The third-order valence-electron chi connectivity index (χ3n) is 1.67. The lowest BCUT2D eigenvalue weighted by Crippen LogP contribution is -1.96. The Morgan fingerprint density at radius 2 is 1.86 bits per heavy atom. The van der Waals surface area contributed by atoms with Crippen LogP contribution in [0.5, 0.6) is 0 Å². The summed E-state index contributed by atoms with van der Waals surface area (Å²) in [6, 6.07) is 4.83. The molecule has 1 aliphatic rings.